The SMILES string of the molecule is CC(O)CCCNCc1ccc([Si](C)(C)C)cc1. The van der Waals surface area contributed by atoms with E-state index in [1.54, 1.807) is 0 Å². The van der Waals surface area contributed by atoms with Crippen LogP contribution in [0.3, 0.4) is 0 Å². The molecule has 0 aliphatic rings. The number of rotatable bonds is 7. The van der Waals surface area contributed by atoms with Crippen LogP contribution in [0.15, 0.2) is 24.3 Å². The Morgan fingerprint density at radius 2 is 1.78 bits per heavy atom. The summed E-state index contributed by atoms with van der Waals surface area (Å²) in [4.78, 5) is 0. The second kappa shape index (κ2) is 7.07. The van der Waals surface area contributed by atoms with E-state index in [0.717, 1.165) is 25.9 Å². The topological polar surface area (TPSA) is 32.3 Å². The molecule has 0 fully saturated rings. The molecule has 0 bridgehead atoms. The van der Waals surface area contributed by atoms with E-state index in [-0.39, 0.29) is 6.10 Å². The van der Waals surface area contributed by atoms with E-state index < -0.39 is 8.07 Å². The molecule has 1 unspecified atom stereocenters. The number of aliphatic hydroxyl groups excluding tert-OH is 1. The maximum atomic E-state index is 9.15. The lowest BCUT2D eigenvalue weighted by Crippen LogP contribution is -2.37. The van der Waals surface area contributed by atoms with Crippen molar-refractivity contribution >= 4 is 13.3 Å². The molecule has 0 saturated heterocycles. The minimum atomic E-state index is -1.16. The first kappa shape index (κ1) is 15.4. The number of hydrogen-bond acceptors (Lipinski definition) is 2. The van der Waals surface area contributed by atoms with Crippen LogP contribution in [-0.2, 0) is 6.54 Å². The third kappa shape index (κ3) is 5.80. The van der Waals surface area contributed by atoms with Crippen molar-refractivity contribution in [3.8, 4) is 0 Å². The summed E-state index contributed by atoms with van der Waals surface area (Å²) in [6.07, 6.45) is 1.73. The second-order valence-electron chi connectivity index (χ2n) is 6.11. The number of benzene rings is 1. The number of nitrogens with one attached hydrogen (secondary N) is 1. The van der Waals surface area contributed by atoms with Gasteiger partial charge in [0.1, 0.15) is 0 Å². The average molecular weight is 265 g/mol. The number of aliphatic hydroxyl groups is 1. The zero-order valence-electron chi connectivity index (χ0n) is 12.2. The first-order chi connectivity index (χ1) is 8.39. The Morgan fingerprint density at radius 1 is 1.17 bits per heavy atom. The van der Waals surface area contributed by atoms with Gasteiger partial charge < -0.3 is 10.4 Å². The molecule has 2 N–H and O–H groups in total. The standard InChI is InChI=1S/C15H27NOSi/c1-13(17)6-5-11-16-12-14-7-9-15(10-8-14)18(2,3)4/h7-10,13,16-17H,5-6,11-12H2,1-4H3. The molecule has 3 heteroatoms. The number of hydrogen-bond donors (Lipinski definition) is 2. The highest BCUT2D eigenvalue weighted by Crippen LogP contribution is 2.04. The van der Waals surface area contributed by atoms with Gasteiger partial charge in [-0.25, -0.2) is 0 Å². The first-order valence-electron chi connectivity index (χ1n) is 6.88. The fraction of sp³-hybridized carbons (Fsp3) is 0.600. The molecular formula is C15H27NOSi. The van der Waals surface area contributed by atoms with Crippen LogP contribution in [0.5, 0.6) is 0 Å². The van der Waals surface area contributed by atoms with Crippen molar-refractivity contribution in [3.05, 3.63) is 29.8 Å². The molecule has 18 heavy (non-hydrogen) atoms. The van der Waals surface area contributed by atoms with Gasteiger partial charge in [0.25, 0.3) is 0 Å². The average Bonchev–Trinajstić information content (AvgIpc) is 2.27. The summed E-state index contributed by atoms with van der Waals surface area (Å²) in [5.74, 6) is 0. The third-order valence-corrected chi connectivity index (χ3v) is 5.19. The third-order valence-electron chi connectivity index (χ3n) is 3.12. The van der Waals surface area contributed by atoms with Crippen LogP contribution in [0.4, 0.5) is 0 Å². The van der Waals surface area contributed by atoms with Gasteiger partial charge in [0, 0.05) is 6.54 Å². The van der Waals surface area contributed by atoms with Crippen molar-refractivity contribution in [2.75, 3.05) is 6.54 Å². The molecule has 0 amide bonds. The van der Waals surface area contributed by atoms with Gasteiger partial charge >= 0.3 is 0 Å². The lowest BCUT2D eigenvalue weighted by Gasteiger charge is -2.16. The van der Waals surface area contributed by atoms with E-state index in [2.05, 4.69) is 49.2 Å². The first-order valence-corrected chi connectivity index (χ1v) is 10.4. The van der Waals surface area contributed by atoms with Crippen LogP contribution in [0.1, 0.15) is 25.3 Å². The Morgan fingerprint density at radius 3 is 2.28 bits per heavy atom. The molecule has 0 heterocycles. The molecule has 2 nitrogen and oxygen atoms in total. The van der Waals surface area contributed by atoms with Crippen molar-refractivity contribution in [2.45, 2.75) is 52.1 Å². The lowest BCUT2D eigenvalue weighted by molar-refractivity contribution is 0.181. The summed E-state index contributed by atoms with van der Waals surface area (Å²) in [7, 11) is -1.16. The van der Waals surface area contributed by atoms with Crippen molar-refractivity contribution in [3.63, 3.8) is 0 Å². The van der Waals surface area contributed by atoms with Crippen molar-refractivity contribution in [2.24, 2.45) is 0 Å². The van der Waals surface area contributed by atoms with Crippen LogP contribution in [0, 0.1) is 0 Å². The molecule has 1 atom stereocenters. The molecule has 1 aromatic carbocycles. The Kier molecular flexibility index (Phi) is 6.06. The van der Waals surface area contributed by atoms with E-state index in [4.69, 9.17) is 5.11 Å². The fourth-order valence-corrected chi connectivity index (χ4v) is 3.04. The maximum absolute atomic E-state index is 9.15. The van der Waals surface area contributed by atoms with Crippen LogP contribution in [0.2, 0.25) is 19.6 Å². The van der Waals surface area contributed by atoms with E-state index in [9.17, 15) is 0 Å². The van der Waals surface area contributed by atoms with Crippen LogP contribution in [0.25, 0.3) is 0 Å². The molecule has 0 radical (unpaired) electrons. The van der Waals surface area contributed by atoms with Gasteiger partial charge in [-0.3, -0.25) is 0 Å². The van der Waals surface area contributed by atoms with Crippen molar-refractivity contribution < 1.29 is 5.11 Å². The normalized spacial score (nSPS) is 13.6. The minimum Gasteiger partial charge on any atom is -0.393 e. The quantitative estimate of drug-likeness (QED) is 0.586. The summed E-state index contributed by atoms with van der Waals surface area (Å²) >= 11 is 0. The smallest absolute Gasteiger partial charge is 0.0775 e. The Balaban J connectivity index is 2.31. The van der Waals surface area contributed by atoms with Crippen molar-refractivity contribution in [1.82, 2.24) is 5.32 Å². The Bertz CT molecular complexity index is 341. The molecule has 0 saturated carbocycles. The van der Waals surface area contributed by atoms with Gasteiger partial charge in [0.15, 0.2) is 0 Å². The Labute approximate surface area is 112 Å². The molecule has 1 rings (SSSR count). The van der Waals surface area contributed by atoms with Gasteiger partial charge in [0.05, 0.1) is 14.2 Å². The molecule has 1 aromatic rings. The van der Waals surface area contributed by atoms with Crippen molar-refractivity contribution in [1.29, 1.82) is 0 Å². The molecule has 0 spiro atoms. The van der Waals surface area contributed by atoms with Crippen LogP contribution < -0.4 is 10.5 Å². The van der Waals surface area contributed by atoms with Gasteiger partial charge in [-0.2, -0.15) is 0 Å². The highest BCUT2D eigenvalue weighted by molar-refractivity contribution is 6.88. The lowest BCUT2D eigenvalue weighted by atomic mass is 10.2. The fourth-order valence-electron chi connectivity index (χ4n) is 1.88. The minimum absolute atomic E-state index is 0.178. The highest BCUT2D eigenvalue weighted by Gasteiger charge is 2.15. The maximum Gasteiger partial charge on any atom is 0.0775 e. The summed E-state index contributed by atoms with van der Waals surface area (Å²) in [5, 5.41) is 14.1. The molecular weight excluding hydrogens is 238 g/mol. The monoisotopic (exact) mass is 265 g/mol. The second-order valence-corrected chi connectivity index (χ2v) is 11.2. The zero-order valence-corrected chi connectivity index (χ0v) is 13.2. The molecule has 0 aromatic heterocycles. The predicted molar refractivity (Wildman–Crippen MR) is 82.0 cm³/mol. The van der Waals surface area contributed by atoms with Gasteiger partial charge in [0.2, 0.25) is 0 Å². The summed E-state index contributed by atoms with van der Waals surface area (Å²) in [6.45, 7) is 10.9. The van der Waals surface area contributed by atoms with E-state index in [1.165, 1.54) is 10.8 Å². The van der Waals surface area contributed by atoms with Crippen LogP contribution >= 0.6 is 0 Å². The van der Waals surface area contributed by atoms with Crippen LogP contribution in [-0.4, -0.2) is 25.8 Å². The van der Waals surface area contributed by atoms with Gasteiger partial charge in [-0.15, -0.1) is 0 Å². The summed E-state index contributed by atoms with van der Waals surface area (Å²) in [6, 6.07) is 9.02. The van der Waals surface area contributed by atoms with E-state index in [1.807, 2.05) is 6.92 Å². The van der Waals surface area contributed by atoms with E-state index in [0.29, 0.717) is 0 Å². The predicted octanol–water partition coefficient (Wildman–Crippen LogP) is 2.48. The molecule has 0 aliphatic heterocycles. The summed E-state index contributed by atoms with van der Waals surface area (Å²) in [5.41, 5.74) is 1.34. The zero-order chi connectivity index (χ0) is 13.6. The largest absolute Gasteiger partial charge is 0.393 e. The summed E-state index contributed by atoms with van der Waals surface area (Å²) < 4.78 is 0. The van der Waals surface area contributed by atoms with Gasteiger partial charge in [-0.1, -0.05) is 49.1 Å². The van der Waals surface area contributed by atoms with E-state index >= 15 is 0 Å². The van der Waals surface area contributed by atoms with Gasteiger partial charge in [-0.05, 0) is 31.9 Å². The molecule has 102 valence electrons. The Hall–Kier alpha value is -0.643. The molecule has 0 aliphatic carbocycles. The highest BCUT2D eigenvalue weighted by atomic mass is 28.3.